The summed E-state index contributed by atoms with van der Waals surface area (Å²) in [5.74, 6) is 0.651. The maximum absolute atomic E-state index is 12.0. The van der Waals surface area contributed by atoms with Gasteiger partial charge >= 0.3 is 5.69 Å². The summed E-state index contributed by atoms with van der Waals surface area (Å²) in [6.07, 6.45) is 3.23. The van der Waals surface area contributed by atoms with E-state index < -0.39 is 0 Å². The molecule has 1 aromatic heterocycles. The molecule has 0 saturated carbocycles. The van der Waals surface area contributed by atoms with Crippen LogP contribution in [-0.2, 0) is 11.8 Å². The van der Waals surface area contributed by atoms with Gasteiger partial charge in [0, 0.05) is 13.7 Å². The Hall–Kier alpha value is -2.08. The van der Waals surface area contributed by atoms with Gasteiger partial charge in [-0.2, -0.15) is 0 Å². The van der Waals surface area contributed by atoms with Crippen molar-refractivity contribution in [2.45, 2.75) is 18.9 Å². The Morgan fingerprint density at radius 3 is 3.10 bits per heavy atom. The molecule has 6 heteroatoms. The van der Waals surface area contributed by atoms with Gasteiger partial charge < -0.3 is 9.47 Å². The summed E-state index contributed by atoms with van der Waals surface area (Å²) >= 11 is 0. The summed E-state index contributed by atoms with van der Waals surface area (Å²) in [6.45, 7) is 1.28. The van der Waals surface area contributed by atoms with Crippen LogP contribution in [0.3, 0.4) is 0 Å². The van der Waals surface area contributed by atoms with Crippen molar-refractivity contribution >= 4 is 17.4 Å². The van der Waals surface area contributed by atoms with E-state index in [9.17, 15) is 4.79 Å². The molecule has 0 spiro atoms. The second-order valence-electron chi connectivity index (χ2n) is 4.91. The van der Waals surface area contributed by atoms with Crippen LogP contribution in [0.1, 0.15) is 12.8 Å². The maximum Gasteiger partial charge on any atom is 0.334 e. The predicted molar refractivity (Wildman–Crippen MR) is 75.8 cm³/mol. The highest BCUT2D eigenvalue weighted by Gasteiger charge is 2.18. The van der Waals surface area contributed by atoms with Crippen LogP contribution in [0.25, 0.3) is 11.0 Å². The quantitative estimate of drug-likeness (QED) is 0.676. The van der Waals surface area contributed by atoms with Crippen LogP contribution >= 0.6 is 0 Å². The van der Waals surface area contributed by atoms with Gasteiger partial charge in [0.05, 0.1) is 18.0 Å². The molecule has 1 atom stereocenters. The van der Waals surface area contributed by atoms with E-state index in [0.717, 1.165) is 25.8 Å². The highest BCUT2D eigenvalue weighted by Crippen LogP contribution is 2.25. The third-order valence-corrected chi connectivity index (χ3v) is 3.64. The maximum atomic E-state index is 12.0. The second-order valence-corrected chi connectivity index (χ2v) is 4.91. The second kappa shape index (κ2) is 5.13. The summed E-state index contributed by atoms with van der Waals surface area (Å²) in [7, 11) is 1.68. The number of aromatic nitrogens is 2. The minimum Gasteiger partial charge on any atom is -0.489 e. The van der Waals surface area contributed by atoms with Crippen molar-refractivity contribution in [2.24, 2.45) is 7.05 Å². The highest BCUT2D eigenvalue weighted by molar-refractivity contribution is 5.87. The number of aryl methyl sites for hydroxylation is 1. The van der Waals surface area contributed by atoms with Crippen molar-refractivity contribution in [3.05, 3.63) is 28.7 Å². The minimum atomic E-state index is -0.247. The zero-order valence-electron chi connectivity index (χ0n) is 11.3. The predicted octanol–water partition coefficient (Wildman–Crippen LogP) is 1.35. The van der Waals surface area contributed by atoms with Crippen molar-refractivity contribution in [3.8, 4) is 5.75 Å². The van der Waals surface area contributed by atoms with E-state index >= 15 is 0 Å². The Morgan fingerprint density at radius 2 is 2.40 bits per heavy atom. The number of benzene rings is 1. The molecule has 1 aliphatic rings. The van der Waals surface area contributed by atoms with Crippen molar-refractivity contribution in [1.82, 2.24) is 9.13 Å². The van der Waals surface area contributed by atoms with Crippen molar-refractivity contribution in [2.75, 3.05) is 13.2 Å². The van der Waals surface area contributed by atoms with E-state index in [4.69, 9.17) is 14.9 Å². The topological polar surface area (TPSA) is 69.2 Å². The van der Waals surface area contributed by atoms with Gasteiger partial charge in [0.1, 0.15) is 17.9 Å². The molecule has 1 saturated heterocycles. The van der Waals surface area contributed by atoms with Crippen LogP contribution in [0.15, 0.2) is 23.0 Å². The fourth-order valence-electron chi connectivity index (χ4n) is 2.60. The van der Waals surface area contributed by atoms with Gasteiger partial charge in [0.15, 0.2) is 0 Å². The third kappa shape index (κ3) is 2.02. The molecule has 0 aliphatic carbocycles. The molecule has 3 rings (SSSR count). The molecule has 1 N–H and O–H groups in total. The Morgan fingerprint density at radius 1 is 1.55 bits per heavy atom. The van der Waals surface area contributed by atoms with Crippen LogP contribution in [-0.4, -0.2) is 34.8 Å². The monoisotopic (exact) mass is 275 g/mol. The lowest BCUT2D eigenvalue weighted by molar-refractivity contribution is 0.0684. The summed E-state index contributed by atoms with van der Waals surface area (Å²) in [4.78, 5) is 12.0. The average Bonchev–Trinajstić information content (AvgIpc) is 3.05. The van der Waals surface area contributed by atoms with Gasteiger partial charge in [0.2, 0.25) is 0 Å². The SMILES string of the molecule is Cn1c(=O)n(C=N)c2cccc(OC[C@H]3CCCO3)c21. The number of hydrogen-bond acceptors (Lipinski definition) is 4. The number of nitrogens with zero attached hydrogens (tertiary/aromatic N) is 2. The first-order valence-electron chi connectivity index (χ1n) is 6.67. The number of nitrogens with one attached hydrogen (secondary N) is 1. The molecular formula is C14H17N3O3. The lowest BCUT2D eigenvalue weighted by atomic mass is 10.2. The van der Waals surface area contributed by atoms with Crippen LogP contribution in [0.5, 0.6) is 5.75 Å². The Bertz CT molecular complexity index is 695. The largest absolute Gasteiger partial charge is 0.489 e. The van der Waals surface area contributed by atoms with Gasteiger partial charge in [-0.3, -0.25) is 14.5 Å². The summed E-state index contributed by atoms with van der Waals surface area (Å²) in [6, 6.07) is 5.47. The van der Waals surface area contributed by atoms with E-state index in [1.807, 2.05) is 12.1 Å². The molecule has 1 aliphatic heterocycles. The van der Waals surface area contributed by atoms with Gasteiger partial charge in [0.25, 0.3) is 0 Å². The number of para-hydroxylation sites is 1. The lowest BCUT2D eigenvalue weighted by Gasteiger charge is -2.12. The molecule has 0 unspecified atom stereocenters. The molecule has 0 bridgehead atoms. The molecule has 1 fully saturated rings. The van der Waals surface area contributed by atoms with Gasteiger partial charge in [-0.05, 0) is 25.0 Å². The van der Waals surface area contributed by atoms with Crippen LogP contribution < -0.4 is 10.4 Å². The molecule has 106 valence electrons. The zero-order chi connectivity index (χ0) is 14.1. The van der Waals surface area contributed by atoms with Crippen LogP contribution in [0, 0.1) is 5.41 Å². The molecule has 0 radical (unpaired) electrons. The highest BCUT2D eigenvalue weighted by atomic mass is 16.5. The van der Waals surface area contributed by atoms with E-state index in [0.29, 0.717) is 23.4 Å². The Labute approximate surface area is 116 Å². The first-order valence-corrected chi connectivity index (χ1v) is 6.67. The fourth-order valence-corrected chi connectivity index (χ4v) is 2.60. The Balaban J connectivity index is 1.98. The summed E-state index contributed by atoms with van der Waals surface area (Å²) in [5, 5.41) is 7.35. The minimum absolute atomic E-state index is 0.132. The summed E-state index contributed by atoms with van der Waals surface area (Å²) in [5.41, 5.74) is 1.14. The standard InChI is InChI=1S/C14H17N3O3/c1-16-13-11(17(9-15)14(16)18)5-2-6-12(13)20-8-10-4-3-7-19-10/h2,5-6,9-10,15H,3-4,7-8H2,1H3/t10-/m1/s1. The number of imidazole rings is 1. The number of rotatable bonds is 4. The molecule has 0 amide bonds. The number of hydrogen-bond donors (Lipinski definition) is 1. The smallest absolute Gasteiger partial charge is 0.334 e. The fraction of sp³-hybridized carbons (Fsp3) is 0.429. The van der Waals surface area contributed by atoms with E-state index in [1.54, 1.807) is 13.1 Å². The van der Waals surface area contributed by atoms with Crippen LogP contribution in [0.4, 0.5) is 0 Å². The Kier molecular flexibility index (Phi) is 3.31. The van der Waals surface area contributed by atoms with Gasteiger partial charge in [-0.25, -0.2) is 4.79 Å². The molecule has 1 aromatic carbocycles. The first kappa shape index (κ1) is 12.9. The molecule has 2 aromatic rings. The first-order chi connectivity index (χ1) is 9.72. The number of fused-ring (bicyclic) bond motifs is 1. The third-order valence-electron chi connectivity index (χ3n) is 3.64. The van der Waals surface area contributed by atoms with Crippen molar-refractivity contribution in [1.29, 1.82) is 5.41 Å². The normalized spacial score (nSPS) is 18.6. The van der Waals surface area contributed by atoms with E-state index in [1.165, 1.54) is 9.13 Å². The molecular weight excluding hydrogens is 258 g/mol. The van der Waals surface area contributed by atoms with E-state index in [-0.39, 0.29) is 11.8 Å². The number of ether oxygens (including phenoxy) is 2. The molecule has 6 nitrogen and oxygen atoms in total. The average molecular weight is 275 g/mol. The molecule has 2 heterocycles. The van der Waals surface area contributed by atoms with Crippen molar-refractivity contribution < 1.29 is 9.47 Å². The molecule has 20 heavy (non-hydrogen) atoms. The zero-order valence-corrected chi connectivity index (χ0v) is 11.3. The van der Waals surface area contributed by atoms with E-state index in [2.05, 4.69) is 0 Å². The summed E-state index contributed by atoms with van der Waals surface area (Å²) < 4.78 is 14.2. The van der Waals surface area contributed by atoms with Gasteiger partial charge in [-0.15, -0.1) is 0 Å². The van der Waals surface area contributed by atoms with Gasteiger partial charge in [-0.1, -0.05) is 6.07 Å². The van der Waals surface area contributed by atoms with Crippen LogP contribution in [0.2, 0.25) is 0 Å². The lowest BCUT2D eigenvalue weighted by Crippen LogP contribution is -2.21. The van der Waals surface area contributed by atoms with Crippen molar-refractivity contribution in [3.63, 3.8) is 0 Å².